The second-order valence-electron chi connectivity index (χ2n) is 7.45. The Labute approximate surface area is 183 Å². The van der Waals surface area contributed by atoms with Gasteiger partial charge in [0.25, 0.3) is 5.56 Å². The second-order valence-corrected chi connectivity index (χ2v) is 8.30. The molecule has 1 N–H and O–H groups in total. The highest BCUT2D eigenvalue weighted by Crippen LogP contribution is 2.30. The van der Waals surface area contributed by atoms with Crippen LogP contribution < -0.4 is 10.3 Å². The van der Waals surface area contributed by atoms with Gasteiger partial charge in [-0.05, 0) is 31.5 Å². The van der Waals surface area contributed by atoms with Gasteiger partial charge in [-0.2, -0.15) is 0 Å². The Morgan fingerprint density at radius 3 is 2.74 bits per heavy atom. The first kappa shape index (κ1) is 21.0. The number of nitrogens with zero attached hydrogens (tertiary/aromatic N) is 2. The SMILES string of the molecule is CC(=O)c1cccc(OC[C@@H](O)Cn2cnc3scc(-c4ccc(C)cc4)c3c2=O)c1. The van der Waals surface area contributed by atoms with Crippen LogP contribution in [0.4, 0.5) is 0 Å². The van der Waals surface area contributed by atoms with Gasteiger partial charge in [-0.3, -0.25) is 14.2 Å². The van der Waals surface area contributed by atoms with Gasteiger partial charge in [0.05, 0.1) is 18.3 Å². The molecular formula is C24H22N2O4S. The molecule has 0 aliphatic carbocycles. The van der Waals surface area contributed by atoms with E-state index in [0.29, 0.717) is 21.5 Å². The predicted octanol–water partition coefficient (Wildman–Crippen LogP) is 4.08. The Bertz CT molecular complexity index is 1290. The van der Waals surface area contributed by atoms with Crippen molar-refractivity contribution in [2.24, 2.45) is 0 Å². The molecule has 2 aromatic heterocycles. The van der Waals surface area contributed by atoms with Gasteiger partial charge in [0, 0.05) is 16.5 Å². The number of thiophene rings is 1. The van der Waals surface area contributed by atoms with Crippen LogP contribution in [0.5, 0.6) is 5.75 Å². The van der Waals surface area contributed by atoms with Crippen molar-refractivity contribution >= 4 is 27.3 Å². The van der Waals surface area contributed by atoms with E-state index in [0.717, 1.165) is 16.7 Å². The number of aliphatic hydroxyl groups excluding tert-OH is 1. The molecular weight excluding hydrogens is 412 g/mol. The molecule has 4 aromatic rings. The number of hydrogen-bond donors (Lipinski definition) is 1. The number of aromatic nitrogens is 2. The van der Waals surface area contributed by atoms with Gasteiger partial charge in [-0.1, -0.05) is 42.0 Å². The average Bonchev–Trinajstić information content (AvgIpc) is 3.20. The smallest absolute Gasteiger partial charge is 0.262 e. The Kier molecular flexibility index (Phi) is 5.97. The van der Waals surface area contributed by atoms with E-state index >= 15 is 0 Å². The molecule has 158 valence electrons. The van der Waals surface area contributed by atoms with Crippen molar-refractivity contribution in [3.63, 3.8) is 0 Å². The highest BCUT2D eigenvalue weighted by atomic mass is 32.1. The molecule has 0 aliphatic heterocycles. The number of aryl methyl sites for hydroxylation is 1. The van der Waals surface area contributed by atoms with Gasteiger partial charge in [0.1, 0.15) is 23.3 Å². The van der Waals surface area contributed by atoms with Crippen molar-refractivity contribution in [3.8, 4) is 16.9 Å². The molecule has 0 saturated carbocycles. The largest absolute Gasteiger partial charge is 0.491 e. The third kappa shape index (κ3) is 4.57. The van der Waals surface area contributed by atoms with Crippen LogP contribution in [0.15, 0.2) is 65.0 Å². The van der Waals surface area contributed by atoms with Crippen molar-refractivity contribution in [2.45, 2.75) is 26.5 Å². The number of ketones is 1. The fourth-order valence-electron chi connectivity index (χ4n) is 3.32. The highest BCUT2D eigenvalue weighted by molar-refractivity contribution is 7.17. The fraction of sp³-hybridized carbons (Fsp3) is 0.208. The lowest BCUT2D eigenvalue weighted by molar-refractivity contribution is 0.0913. The molecule has 0 saturated heterocycles. The van der Waals surface area contributed by atoms with Crippen LogP contribution in [0.25, 0.3) is 21.3 Å². The van der Waals surface area contributed by atoms with Gasteiger partial charge >= 0.3 is 0 Å². The summed E-state index contributed by atoms with van der Waals surface area (Å²) >= 11 is 1.43. The van der Waals surface area contributed by atoms with E-state index in [9.17, 15) is 14.7 Å². The zero-order chi connectivity index (χ0) is 22.0. The predicted molar refractivity (Wildman–Crippen MR) is 122 cm³/mol. The van der Waals surface area contributed by atoms with Crippen LogP contribution in [0.2, 0.25) is 0 Å². The van der Waals surface area contributed by atoms with Gasteiger partial charge in [0.2, 0.25) is 0 Å². The summed E-state index contributed by atoms with van der Waals surface area (Å²) in [5.74, 6) is 0.434. The van der Waals surface area contributed by atoms with E-state index in [2.05, 4.69) is 4.98 Å². The van der Waals surface area contributed by atoms with E-state index in [-0.39, 0.29) is 24.5 Å². The molecule has 0 bridgehead atoms. The third-order valence-corrected chi connectivity index (χ3v) is 5.90. The lowest BCUT2D eigenvalue weighted by atomic mass is 10.1. The summed E-state index contributed by atoms with van der Waals surface area (Å²) in [6.45, 7) is 3.54. The van der Waals surface area contributed by atoms with Crippen molar-refractivity contribution in [3.05, 3.63) is 81.7 Å². The minimum atomic E-state index is -0.917. The molecule has 2 heterocycles. The third-order valence-electron chi connectivity index (χ3n) is 5.01. The van der Waals surface area contributed by atoms with Crippen molar-refractivity contribution in [1.29, 1.82) is 0 Å². The van der Waals surface area contributed by atoms with Gasteiger partial charge in [0.15, 0.2) is 5.78 Å². The Balaban J connectivity index is 1.53. The number of hydrogen-bond acceptors (Lipinski definition) is 6. The molecule has 2 aromatic carbocycles. The van der Waals surface area contributed by atoms with Crippen molar-refractivity contribution in [2.75, 3.05) is 6.61 Å². The minimum absolute atomic E-state index is 0.0136. The van der Waals surface area contributed by atoms with Crippen molar-refractivity contribution in [1.82, 2.24) is 9.55 Å². The molecule has 0 aliphatic rings. The number of aliphatic hydroxyl groups is 1. The summed E-state index contributed by atoms with van der Waals surface area (Å²) < 4.78 is 7.02. The normalized spacial score (nSPS) is 12.1. The van der Waals surface area contributed by atoms with E-state index in [1.54, 1.807) is 24.3 Å². The number of Topliss-reactive ketones (excluding diaryl/α,β-unsaturated/α-hetero) is 1. The maximum Gasteiger partial charge on any atom is 0.262 e. The molecule has 0 radical (unpaired) electrons. The van der Waals surface area contributed by atoms with E-state index in [1.165, 1.54) is 29.2 Å². The Morgan fingerprint density at radius 1 is 1.23 bits per heavy atom. The average molecular weight is 435 g/mol. The first-order chi connectivity index (χ1) is 14.9. The highest BCUT2D eigenvalue weighted by Gasteiger charge is 2.15. The van der Waals surface area contributed by atoms with Gasteiger partial charge in [-0.15, -0.1) is 11.3 Å². The van der Waals surface area contributed by atoms with Crippen LogP contribution in [0.3, 0.4) is 0 Å². The molecule has 7 heteroatoms. The summed E-state index contributed by atoms with van der Waals surface area (Å²) in [5, 5.41) is 12.9. The van der Waals surface area contributed by atoms with Crippen LogP contribution in [0.1, 0.15) is 22.8 Å². The zero-order valence-electron chi connectivity index (χ0n) is 17.2. The fourth-order valence-corrected chi connectivity index (χ4v) is 4.23. The number of benzene rings is 2. The minimum Gasteiger partial charge on any atom is -0.491 e. The molecule has 1 atom stereocenters. The number of carbonyl (C=O) groups excluding carboxylic acids is 1. The zero-order valence-corrected chi connectivity index (χ0v) is 18.1. The first-order valence-corrected chi connectivity index (χ1v) is 10.8. The number of rotatable bonds is 7. The molecule has 0 amide bonds. The summed E-state index contributed by atoms with van der Waals surface area (Å²) in [4.78, 5) is 29.7. The van der Waals surface area contributed by atoms with E-state index in [1.807, 2.05) is 36.6 Å². The molecule has 6 nitrogen and oxygen atoms in total. The Morgan fingerprint density at radius 2 is 2.00 bits per heavy atom. The topological polar surface area (TPSA) is 81.4 Å². The van der Waals surface area contributed by atoms with E-state index < -0.39 is 6.10 Å². The summed E-state index contributed by atoms with van der Waals surface area (Å²) in [6.07, 6.45) is 0.541. The summed E-state index contributed by atoms with van der Waals surface area (Å²) in [6, 6.07) is 14.8. The molecule has 0 spiro atoms. The lowest BCUT2D eigenvalue weighted by Crippen LogP contribution is -2.30. The van der Waals surface area contributed by atoms with Crippen LogP contribution in [-0.2, 0) is 6.54 Å². The van der Waals surface area contributed by atoms with Gasteiger partial charge < -0.3 is 9.84 Å². The monoisotopic (exact) mass is 434 g/mol. The van der Waals surface area contributed by atoms with Crippen LogP contribution >= 0.6 is 11.3 Å². The quantitative estimate of drug-likeness (QED) is 0.444. The van der Waals surface area contributed by atoms with Gasteiger partial charge in [-0.25, -0.2) is 4.98 Å². The molecule has 31 heavy (non-hydrogen) atoms. The summed E-state index contributed by atoms with van der Waals surface area (Å²) in [5.41, 5.74) is 3.30. The summed E-state index contributed by atoms with van der Waals surface area (Å²) in [7, 11) is 0. The lowest BCUT2D eigenvalue weighted by Gasteiger charge is -2.14. The number of ether oxygens (including phenoxy) is 1. The molecule has 0 fully saturated rings. The van der Waals surface area contributed by atoms with Crippen LogP contribution in [0, 0.1) is 6.92 Å². The maximum absolute atomic E-state index is 13.1. The number of carbonyl (C=O) groups is 1. The first-order valence-electron chi connectivity index (χ1n) is 9.88. The van der Waals surface area contributed by atoms with Crippen LogP contribution in [-0.4, -0.2) is 33.2 Å². The van der Waals surface area contributed by atoms with E-state index in [4.69, 9.17) is 4.74 Å². The number of fused-ring (bicyclic) bond motifs is 1. The standard InChI is InChI=1S/C24H22N2O4S/c1-15-6-8-17(9-7-15)21-13-31-23-22(21)24(29)26(14-25-23)11-19(28)12-30-20-5-3-4-18(10-20)16(2)27/h3-10,13-14,19,28H,11-12H2,1-2H3/t19-/m0/s1. The Hall–Kier alpha value is -3.29. The molecule has 4 rings (SSSR count). The maximum atomic E-state index is 13.1. The second kappa shape index (κ2) is 8.83. The van der Waals surface area contributed by atoms with Crippen molar-refractivity contribution < 1.29 is 14.6 Å². The molecule has 0 unspecified atom stereocenters.